The Morgan fingerprint density at radius 2 is 1.87 bits per heavy atom. The van der Waals surface area contributed by atoms with E-state index in [-0.39, 0.29) is 10.6 Å². The molecule has 0 N–H and O–H groups in total. The molecule has 120 valence electrons. The van der Waals surface area contributed by atoms with E-state index in [0.29, 0.717) is 5.52 Å². The Labute approximate surface area is 135 Å². The molecule has 1 aromatic heterocycles. The van der Waals surface area contributed by atoms with Gasteiger partial charge in [0.25, 0.3) is 0 Å². The van der Waals surface area contributed by atoms with Crippen molar-refractivity contribution >= 4 is 21.2 Å². The van der Waals surface area contributed by atoms with Crippen LogP contribution in [0.1, 0.15) is 18.9 Å². The van der Waals surface area contributed by atoms with E-state index in [4.69, 9.17) is 4.18 Å². The second-order valence-corrected chi connectivity index (χ2v) is 6.98. The molecule has 0 saturated carbocycles. The van der Waals surface area contributed by atoms with Gasteiger partial charge in [0.15, 0.2) is 0 Å². The molecular weight excluding hydrogens is 312 g/mol. The van der Waals surface area contributed by atoms with Gasteiger partial charge in [-0.2, -0.15) is 8.42 Å². The van der Waals surface area contributed by atoms with Crippen molar-refractivity contribution in [2.24, 2.45) is 7.05 Å². The predicted octanol–water partition coefficient (Wildman–Crippen LogP) is 3.29. The fourth-order valence-corrected chi connectivity index (χ4v) is 3.38. The van der Waals surface area contributed by atoms with Gasteiger partial charge in [-0.05, 0) is 36.2 Å². The largest absolute Gasteiger partial charge is 0.379 e. The summed E-state index contributed by atoms with van der Waals surface area (Å²) in [6, 6.07) is 11.9. The summed E-state index contributed by atoms with van der Waals surface area (Å²) in [7, 11) is -1.96. The van der Waals surface area contributed by atoms with Crippen LogP contribution in [0, 0.1) is 0 Å². The molecule has 23 heavy (non-hydrogen) atoms. The third kappa shape index (κ3) is 3.22. The maximum atomic E-state index is 12.4. The van der Waals surface area contributed by atoms with Crippen molar-refractivity contribution in [3.05, 3.63) is 54.4 Å². The van der Waals surface area contributed by atoms with Gasteiger partial charge < -0.3 is 8.75 Å². The molecule has 0 spiro atoms. The standard InChI is InChI=1S/C17H18N2O3S/c1-3-4-13-5-8-15(9-6-13)23(20,21)22-14-7-10-17-16(11-14)18-12-19(17)2/h5-12H,3-4H2,1-2H3. The molecule has 6 heteroatoms. The number of aromatic nitrogens is 2. The van der Waals surface area contributed by atoms with Gasteiger partial charge in [0, 0.05) is 13.1 Å². The van der Waals surface area contributed by atoms with E-state index in [1.807, 2.05) is 23.7 Å². The third-order valence-electron chi connectivity index (χ3n) is 3.65. The van der Waals surface area contributed by atoms with Crippen molar-refractivity contribution in [2.45, 2.75) is 24.7 Å². The predicted molar refractivity (Wildman–Crippen MR) is 89.0 cm³/mol. The molecule has 0 fully saturated rings. The maximum Gasteiger partial charge on any atom is 0.339 e. The minimum absolute atomic E-state index is 0.151. The lowest BCUT2D eigenvalue weighted by atomic mass is 10.1. The van der Waals surface area contributed by atoms with Gasteiger partial charge in [0.05, 0.1) is 17.4 Å². The number of imidazole rings is 1. The lowest BCUT2D eigenvalue weighted by Crippen LogP contribution is -2.09. The summed E-state index contributed by atoms with van der Waals surface area (Å²) in [4.78, 5) is 4.35. The molecule has 3 rings (SSSR count). The van der Waals surface area contributed by atoms with Gasteiger partial charge >= 0.3 is 10.1 Å². The molecule has 5 nitrogen and oxygen atoms in total. The van der Waals surface area contributed by atoms with E-state index in [0.717, 1.165) is 23.9 Å². The zero-order chi connectivity index (χ0) is 16.4. The molecule has 0 saturated heterocycles. The van der Waals surface area contributed by atoms with Gasteiger partial charge in [-0.1, -0.05) is 25.5 Å². The first kappa shape index (κ1) is 15.6. The van der Waals surface area contributed by atoms with E-state index in [1.54, 1.807) is 36.7 Å². The van der Waals surface area contributed by atoms with Crippen LogP contribution in [0.2, 0.25) is 0 Å². The lowest BCUT2D eigenvalue weighted by molar-refractivity contribution is 0.486. The minimum Gasteiger partial charge on any atom is -0.379 e. The van der Waals surface area contributed by atoms with E-state index in [1.165, 1.54) is 0 Å². The number of aryl methyl sites for hydroxylation is 2. The van der Waals surface area contributed by atoms with Crippen LogP contribution in [-0.2, 0) is 23.6 Å². The second kappa shape index (κ2) is 6.04. The summed E-state index contributed by atoms with van der Waals surface area (Å²) < 4.78 is 31.8. The normalized spacial score (nSPS) is 11.7. The molecule has 0 aliphatic carbocycles. The van der Waals surface area contributed by atoms with Crippen LogP contribution in [-0.4, -0.2) is 18.0 Å². The monoisotopic (exact) mass is 330 g/mol. The fourth-order valence-electron chi connectivity index (χ4n) is 2.45. The maximum absolute atomic E-state index is 12.4. The van der Waals surface area contributed by atoms with Gasteiger partial charge in [-0.25, -0.2) is 4.98 Å². The highest BCUT2D eigenvalue weighted by molar-refractivity contribution is 7.87. The lowest BCUT2D eigenvalue weighted by Gasteiger charge is -2.08. The topological polar surface area (TPSA) is 61.2 Å². The van der Waals surface area contributed by atoms with Gasteiger partial charge in [0.2, 0.25) is 0 Å². The molecule has 0 radical (unpaired) electrons. The summed E-state index contributed by atoms with van der Waals surface area (Å²) >= 11 is 0. The molecular formula is C17H18N2O3S. The van der Waals surface area contributed by atoms with E-state index in [9.17, 15) is 8.42 Å². The highest BCUT2D eigenvalue weighted by Crippen LogP contribution is 2.23. The minimum atomic E-state index is -3.84. The molecule has 0 unspecified atom stereocenters. The number of hydrogen-bond donors (Lipinski definition) is 0. The molecule has 1 heterocycles. The molecule has 3 aromatic rings. The molecule has 0 aliphatic rings. The van der Waals surface area contributed by atoms with E-state index < -0.39 is 10.1 Å². The molecule has 0 aliphatic heterocycles. The summed E-state index contributed by atoms with van der Waals surface area (Å²) in [5.41, 5.74) is 2.72. The molecule has 0 amide bonds. The van der Waals surface area contributed by atoms with Crippen molar-refractivity contribution in [1.29, 1.82) is 0 Å². The first-order valence-corrected chi connectivity index (χ1v) is 8.85. The Morgan fingerprint density at radius 3 is 2.57 bits per heavy atom. The Morgan fingerprint density at radius 1 is 1.13 bits per heavy atom. The van der Waals surface area contributed by atoms with Crippen molar-refractivity contribution in [3.63, 3.8) is 0 Å². The smallest absolute Gasteiger partial charge is 0.339 e. The molecule has 0 bridgehead atoms. The van der Waals surface area contributed by atoms with Crippen LogP contribution in [0.3, 0.4) is 0 Å². The van der Waals surface area contributed by atoms with Crippen molar-refractivity contribution in [1.82, 2.24) is 9.55 Å². The molecule has 2 aromatic carbocycles. The first-order valence-electron chi connectivity index (χ1n) is 7.44. The van der Waals surface area contributed by atoms with E-state index in [2.05, 4.69) is 11.9 Å². The summed E-state index contributed by atoms with van der Waals surface area (Å²) in [5, 5.41) is 0. The first-order chi connectivity index (χ1) is 11.0. The number of hydrogen-bond acceptors (Lipinski definition) is 4. The van der Waals surface area contributed by atoms with Crippen LogP contribution in [0.15, 0.2) is 53.7 Å². The second-order valence-electron chi connectivity index (χ2n) is 5.44. The number of benzene rings is 2. The third-order valence-corrected chi connectivity index (χ3v) is 4.91. The van der Waals surface area contributed by atoms with Crippen LogP contribution in [0.5, 0.6) is 5.75 Å². The average Bonchev–Trinajstić information content (AvgIpc) is 2.89. The highest BCUT2D eigenvalue weighted by Gasteiger charge is 2.17. The van der Waals surface area contributed by atoms with Crippen LogP contribution in [0.4, 0.5) is 0 Å². The number of nitrogens with zero attached hydrogens (tertiary/aromatic N) is 2. The highest BCUT2D eigenvalue weighted by atomic mass is 32.2. The van der Waals surface area contributed by atoms with Crippen LogP contribution >= 0.6 is 0 Å². The SMILES string of the molecule is CCCc1ccc(S(=O)(=O)Oc2ccc3c(c2)ncn3C)cc1. The molecule has 0 atom stereocenters. The Balaban J connectivity index is 1.86. The van der Waals surface area contributed by atoms with Gasteiger partial charge in [-0.3, -0.25) is 0 Å². The van der Waals surface area contributed by atoms with Crippen LogP contribution < -0.4 is 4.18 Å². The van der Waals surface area contributed by atoms with Gasteiger partial charge in [-0.15, -0.1) is 0 Å². The average molecular weight is 330 g/mol. The van der Waals surface area contributed by atoms with Crippen molar-refractivity contribution < 1.29 is 12.6 Å². The number of fused-ring (bicyclic) bond motifs is 1. The summed E-state index contributed by atoms with van der Waals surface area (Å²) in [6.45, 7) is 2.08. The van der Waals surface area contributed by atoms with E-state index >= 15 is 0 Å². The quantitative estimate of drug-likeness (QED) is 0.674. The van der Waals surface area contributed by atoms with Crippen molar-refractivity contribution in [2.75, 3.05) is 0 Å². The van der Waals surface area contributed by atoms with Gasteiger partial charge in [0.1, 0.15) is 10.6 Å². The Bertz CT molecular complexity index is 928. The summed E-state index contributed by atoms with van der Waals surface area (Å²) in [6.07, 6.45) is 3.62. The van der Waals surface area contributed by atoms with Crippen molar-refractivity contribution in [3.8, 4) is 5.75 Å². The van der Waals surface area contributed by atoms with Crippen LogP contribution in [0.25, 0.3) is 11.0 Å². The Kier molecular flexibility index (Phi) is 4.09. The Hall–Kier alpha value is -2.34. The fraction of sp³-hybridized carbons (Fsp3) is 0.235. The zero-order valence-corrected chi connectivity index (χ0v) is 13.9. The zero-order valence-electron chi connectivity index (χ0n) is 13.1. The number of rotatable bonds is 5. The summed E-state index contributed by atoms with van der Waals surface area (Å²) in [5.74, 6) is 0.258.